The molecule has 1 amide bonds. The molecule has 10 nitrogen and oxygen atoms in total. The SMILES string of the molecule is CC(=O)N1CCc2c(c(-c3ccc(C(F)(F)F)cc3)nn2CC(O)CN2CCC(c3cn(CCN4CCOCC4)c4ncccc34)CC2)C1. The van der Waals surface area contributed by atoms with Crippen molar-refractivity contribution in [1.29, 1.82) is 0 Å². The molecule has 0 bridgehead atoms. The summed E-state index contributed by atoms with van der Waals surface area (Å²) in [7, 11) is 0. The van der Waals surface area contributed by atoms with Crippen molar-refractivity contribution in [3.63, 3.8) is 0 Å². The van der Waals surface area contributed by atoms with Crippen molar-refractivity contribution in [2.45, 2.75) is 64.0 Å². The van der Waals surface area contributed by atoms with Crippen molar-refractivity contribution < 1.29 is 27.8 Å². The van der Waals surface area contributed by atoms with Crippen LogP contribution in [0.5, 0.6) is 0 Å². The summed E-state index contributed by atoms with van der Waals surface area (Å²) in [4.78, 5) is 23.4. The second-order valence-electron chi connectivity index (χ2n) is 13.6. The normalized spacial score (nSPS) is 19.0. The van der Waals surface area contributed by atoms with Crippen molar-refractivity contribution in [2.75, 3.05) is 59.0 Å². The first-order valence-electron chi connectivity index (χ1n) is 17.3. The highest BCUT2D eigenvalue weighted by Crippen LogP contribution is 2.36. The zero-order chi connectivity index (χ0) is 34.1. The third-order valence-electron chi connectivity index (χ3n) is 10.4. The van der Waals surface area contributed by atoms with Crippen LogP contribution < -0.4 is 0 Å². The van der Waals surface area contributed by atoms with E-state index in [1.807, 2.05) is 12.3 Å². The monoisotopic (exact) mass is 679 g/mol. The van der Waals surface area contributed by atoms with E-state index in [0.717, 1.165) is 94.4 Å². The van der Waals surface area contributed by atoms with Crippen molar-refractivity contribution in [2.24, 2.45) is 0 Å². The van der Waals surface area contributed by atoms with Crippen molar-refractivity contribution in [3.8, 4) is 11.3 Å². The van der Waals surface area contributed by atoms with E-state index in [1.165, 1.54) is 30.0 Å². The Morgan fingerprint density at radius 3 is 2.47 bits per heavy atom. The Labute approximate surface area is 284 Å². The molecular formula is C36H44F3N7O3. The molecule has 0 spiro atoms. The molecule has 0 radical (unpaired) electrons. The molecule has 0 aliphatic carbocycles. The summed E-state index contributed by atoms with van der Waals surface area (Å²) in [5.74, 6) is 0.354. The molecule has 262 valence electrons. The summed E-state index contributed by atoms with van der Waals surface area (Å²) in [6.07, 6.45) is 1.59. The van der Waals surface area contributed by atoms with Crippen LogP contribution in [0.25, 0.3) is 22.3 Å². The van der Waals surface area contributed by atoms with Crippen LogP contribution in [0.2, 0.25) is 0 Å². The molecule has 1 atom stereocenters. The first-order valence-corrected chi connectivity index (χ1v) is 17.3. The summed E-state index contributed by atoms with van der Waals surface area (Å²) in [5, 5.41) is 17.3. The Morgan fingerprint density at radius 1 is 1.00 bits per heavy atom. The van der Waals surface area contributed by atoms with Gasteiger partial charge in [-0.05, 0) is 61.7 Å². The molecule has 2 fully saturated rings. The number of benzene rings is 1. The average Bonchev–Trinajstić information content (AvgIpc) is 3.66. The van der Waals surface area contributed by atoms with Crippen molar-refractivity contribution >= 4 is 16.9 Å². The molecule has 13 heteroatoms. The number of rotatable bonds is 9. The van der Waals surface area contributed by atoms with Gasteiger partial charge in [0.15, 0.2) is 0 Å². The molecule has 3 aliphatic rings. The molecule has 1 unspecified atom stereocenters. The quantitative estimate of drug-likeness (QED) is 0.281. The second-order valence-corrected chi connectivity index (χ2v) is 13.6. The number of likely N-dealkylation sites (tertiary alicyclic amines) is 1. The molecular weight excluding hydrogens is 635 g/mol. The van der Waals surface area contributed by atoms with E-state index in [-0.39, 0.29) is 12.5 Å². The van der Waals surface area contributed by atoms with Crippen LogP contribution in [0.15, 0.2) is 48.8 Å². The number of amides is 1. The fraction of sp³-hybridized carbons (Fsp3) is 0.528. The lowest BCUT2D eigenvalue weighted by molar-refractivity contribution is -0.137. The molecule has 4 aromatic rings. The number of morpholine rings is 1. The van der Waals surface area contributed by atoms with Gasteiger partial charge in [-0.3, -0.25) is 14.4 Å². The van der Waals surface area contributed by atoms with Gasteiger partial charge in [0.1, 0.15) is 5.65 Å². The number of halogens is 3. The van der Waals surface area contributed by atoms with E-state index >= 15 is 0 Å². The van der Waals surface area contributed by atoms with Crippen LogP contribution in [0.1, 0.15) is 48.1 Å². The highest BCUT2D eigenvalue weighted by atomic mass is 19.4. The lowest BCUT2D eigenvalue weighted by atomic mass is 9.89. The van der Waals surface area contributed by atoms with Crippen LogP contribution in [-0.4, -0.2) is 110 Å². The number of hydrogen-bond acceptors (Lipinski definition) is 7. The van der Waals surface area contributed by atoms with E-state index in [2.05, 4.69) is 26.6 Å². The zero-order valence-corrected chi connectivity index (χ0v) is 27.9. The minimum absolute atomic E-state index is 0.0611. The number of hydrogen-bond donors (Lipinski definition) is 1. The Morgan fingerprint density at radius 2 is 1.76 bits per heavy atom. The number of carbonyl (C=O) groups is 1. The average molecular weight is 680 g/mol. The molecule has 1 N–H and O–H groups in total. The second kappa shape index (κ2) is 14.2. The Bertz CT molecular complexity index is 1760. The minimum Gasteiger partial charge on any atom is -0.390 e. The Kier molecular flexibility index (Phi) is 9.78. The first-order chi connectivity index (χ1) is 23.6. The van der Waals surface area contributed by atoms with Crippen LogP contribution >= 0.6 is 0 Å². The van der Waals surface area contributed by atoms with Crippen LogP contribution in [0, 0.1) is 0 Å². The number of nitrogens with zero attached hydrogens (tertiary/aromatic N) is 7. The maximum atomic E-state index is 13.2. The summed E-state index contributed by atoms with van der Waals surface area (Å²) in [5.41, 5.74) is 4.53. The smallest absolute Gasteiger partial charge is 0.390 e. The molecule has 0 saturated carbocycles. The zero-order valence-electron chi connectivity index (χ0n) is 27.9. The molecule has 1 aromatic carbocycles. The van der Waals surface area contributed by atoms with Crippen molar-refractivity contribution in [1.82, 2.24) is 34.0 Å². The lowest BCUT2D eigenvalue weighted by Gasteiger charge is -2.33. The summed E-state index contributed by atoms with van der Waals surface area (Å²) < 4.78 is 49.3. The molecule has 3 aromatic heterocycles. The van der Waals surface area contributed by atoms with E-state index in [0.29, 0.717) is 43.2 Å². The Hall–Kier alpha value is -3.78. The largest absolute Gasteiger partial charge is 0.416 e. The molecule has 3 aliphatic heterocycles. The van der Waals surface area contributed by atoms with Gasteiger partial charge in [0.25, 0.3) is 0 Å². The van der Waals surface area contributed by atoms with Crippen LogP contribution in [-0.2, 0) is 41.8 Å². The highest BCUT2D eigenvalue weighted by Gasteiger charge is 2.32. The maximum absolute atomic E-state index is 13.2. The maximum Gasteiger partial charge on any atom is 0.416 e. The van der Waals surface area contributed by atoms with Crippen LogP contribution in [0.4, 0.5) is 13.2 Å². The number of carbonyl (C=O) groups excluding carboxylic acids is 1. The number of piperidine rings is 1. The summed E-state index contributed by atoms with van der Waals surface area (Å²) >= 11 is 0. The summed E-state index contributed by atoms with van der Waals surface area (Å²) in [6.45, 7) is 10.3. The lowest BCUT2D eigenvalue weighted by Crippen LogP contribution is -2.40. The van der Waals surface area contributed by atoms with Gasteiger partial charge in [-0.25, -0.2) is 4.98 Å². The molecule has 2 saturated heterocycles. The van der Waals surface area contributed by atoms with Gasteiger partial charge < -0.3 is 24.2 Å². The van der Waals surface area contributed by atoms with Gasteiger partial charge in [0.05, 0.1) is 37.1 Å². The van der Waals surface area contributed by atoms with Gasteiger partial charge in [0.2, 0.25) is 5.91 Å². The molecule has 7 rings (SSSR count). The number of aromatic nitrogens is 4. The number of aliphatic hydroxyl groups excluding tert-OH is 1. The highest BCUT2D eigenvalue weighted by molar-refractivity contribution is 5.81. The number of ether oxygens (including phenoxy) is 1. The third kappa shape index (κ3) is 7.40. The standard InChI is InChI=1S/C36H44F3N7O3/c1-25(47)44-14-10-33-32(24-44)34(27-4-6-28(7-5-27)36(37,38)39)41-46(33)22-29(48)21-43-12-8-26(9-13-43)31-23-45(35-30(31)3-2-11-40-35)16-15-42-17-19-49-20-18-42/h2-7,11,23,26,29,48H,8-10,12-22,24H2,1H3. The van der Waals surface area contributed by atoms with Gasteiger partial charge in [-0.1, -0.05) is 12.1 Å². The number of fused-ring (bicyclic) bond motifs is 2. The molecule has 6 heterocycles. The number of pyridine rings is 1. The van der Waals surface area contributed by atoms with E-state index < -0.39 is 17.8 Å². The van der Waals surface area contributed by atoms with Crippen LogP contribution in [0.3, 0.4) is 0 Å². The number of aliphatic hydroxyl groups is 1. The Balaban J connectivity index is 1.01. The number of β-amino-alcohol motifs (C(OH)–C–C–N with tert-alkyl or cyclic N) is 1. The number of alkyl halides is 3. The predicted octanol–water partition coefficient (Wildman–Crippen LogP) is 4.40. The van der Waals surface area contributed by atoms with Gasteiger partial charge in [0, 0.05) is 93.8 Å². The molecule has 49 heavy (non-hydrogen) atoms. The van der Waals surface area contributed by atoms with E-state index in [9.17, 15) is 23.1 Å². The fourth-order valence-electron chi connectivity index (χ4n) is 7.66. The van der Waals surface area contributed by atoms with Gasteiger partial charge in [-0.2, -0.15) is 18.3 Å². The first kappa shape index (κ1) is 33.7. The topological polar surface area (TPSA) is 91.9 Å². The summed E-state index contributed by atoms with van der Waals surface area (Å²) in [6, 6.07) is 9.17. The van der Waals surface area contributed by atoms with Crippen molar-refractivity contribution in [3.05, 3.63) is 71.2 Å². The third-order valence-corrected chi connectivity index (χ3v) is 10.4. The fourth-order valence-corrected chi connectivity index (χ4v) is 7.66. The van der Waals surface area contributed by atoms with Gasteiger partial charge >= 0.3 is 6.18 Å². The van der Waals surface area contributed by atoms with Gasteiger partial charge in [-0.15, -0.1) is 0 Å². The van der Waals surface area contributed by atoms with E-state index in [1.54, 1.807) is 9.58 Å². The minimum atomic E-state index is -4.43. The predicted molar refractivity (Wildman–Crippen MR) is 179 cm³/mol. The van der Waals surface area contributed by atoms with E-state index in [4.69, 9.17) is 14.8 Å².